The van der Waals surface area contributed by atoms with Crippen molar-refractivity contribution >= 4 is 0 Å². The number of allylic oxidation sites excluding steroid dienone is 1. The van der Waals surface area contributed by atoms with Crippen LogP contribution >= 0.6 is 0 Å². The zero-order chi connectivity index (χ0) is 19.5. The fourth-order valence-corrected chi connectivity index (χ4v) is 3.68. The number of nitrogens with zero attached hydrogens (tertiary/aromatic N) is 2. The molecule has 0 fully saturated rings. The Balaban J connectivity index is 1.77. The summed E-state index contributed by atoms with van der Waals surface area (Å²) in [5, 5.41) is 17.1. The lowest BCUT2D eigenvalue weighted by Crippen LogP contribution is -2.21. The predicted octanol–water partition coefficient (Wildman–Crippen LogP) is 4.64. The van der Waals surface area contributed by atoms with Crippen LogP contribution < -0.4 is 10.5 Å². The van der Waals surface area contributed by atoms with E-state index < -0.39 is 0 Å². The maximum absolute atomic E-state index is 9.76. The zero-order valence-electron chi connectivity index (χ0n) is 15.8. The number of ether oxygens (including phenoxy) is 1. The lowest BCUT2D eigenvalue weighted by atomic mass is 9.83. The Morgan fingerprint density at radius 1 is 1.11 bits per heavy atom. The highest BCUT2D eigenvalue weighted by Gasteiger charge is 2.34. The zero-order valence-corrected chi connectivity index (χ0v) is 15.8. The predicted molar refractivity (Wildman–Crippen MR) is 108 cm³/mol. The van der Waals surface area contributed by atoms with Crippen LogP contribution in [0.2, 0.25) is 0 Å². The summed E-state index contributed by atoms with van der Waals surface area (Å²) in [5.41, 5.74) is 11.7. The molecule has 28 heavy (non-hydrogen) atoms. The second kappa shape index (κ2) is 7.61. The highest BCUT2D eigenvalue weighted by atomic mass is 16.5. The molecule has 5 heteroatoms. The van der Waals surface area contributed by atoms with Gasteiger partial charge in [0.05, 0.1) is 5.92 Å². The van der Waals surface area contributed by atoms with Crippen molar-refractivity contribution in [2.75, 3.05) is 0 Å². The van der Waals surface area contributed by atoms with Crippen LogP contribution in [0.15, 0.2) is 66.1 Å². The van der Waals surface area contributed by atoms with Gasteiger partial charge >= 0.3 is 0 Å². The first-order chi connectivity index (χ1) is 13.7. The summed E-state index contributed by atoms with van der Waals surface area (Å²) in [4.78, 5) is 0. The van der Waals surface area contributed by atoms with Crippen molar-refractivity contribution < 1.29 is 4.74 Å². The number of H-pyrrole nitrogens is 1. The van der Waals surface area contributed by atoms with Crippen molar-refractivity contribution in [1.82, 2.24) is 10.2 Å². The Bertz CT molecular complexity index is 1040. The van der Waals surface area contributed by atoms with Gasteiger partial charge < -0.3 is 10.5 Å². The Morgan fingerprint density at radius 3 is 2.50 bits per heavy atom. The van der Waals surface area contributed by atoms with Gasteiger partial charge in [-0.3, -0.25) is 5.10 Å². The molecule has 1 aliphatic heterocycles. The third-order valence-corrected chi connectivity index (χ3v) is 5.15. The van der Waals surface area contributed by atoms with E-state index in [4.69, 9.17) is 10.5 Å². The molecule has 0 spiro atoms. The van der Waals surface area contributed by atoms with Crippen molar-refractivity contribution in [2.24, 2.45) is 5.73 Å². The largest absolute Gasteiger partial charge is 0.420 e. The molecular formula is C23H22N4O. The SMILES string of the molecule is CCCCc1[nH]nc2c1C(c1ccc(-c3ccccc3)cc1)C(C#N)=C(N)O2. The van der Waals surface area contributed by atoms with E-state index in [1.54, 1.807) is 0 Å². The number of rotatable bonds is 5. The molecule has 0 saturated heterocycles. The quantitative estimate of drug-likeness (QED) is 0.685. The lowest BCUT2D eigenvalue weighted by Gasteiger charge is -2.24. The van der Waals surface area contributed by atoms with Crippen molar-refractivity contribution in [3.63, 3.8) is 0 Å². The molecule has 0 aliphatic carbocycles. The average Bonchev–Trinajstić information content (AvgIpc) is 3.14. The summed E-state index contributed by atoms with van der Waals surface area (Å²) in [6, 6.07) is 20.7. The normalized spacial score (nSPS) is 15.6. The van der Waals surface area contributed by atoms with E-state index in [0.717, 1.165) is 47.2 Å². The number of aromatic nitrogens is 2. The fraction of sp³-hybridized carbons (Fsp3) is 0.217. The van der Waals surface area contributed by atoms with Gasteiger partial charge in [0.1, 0.15) is 11.6 Å². The minimum atomic E-state index is -0.274. The molecule has 1 aliphatic rings. The van der Waals surface area contributed by atoms with Crippen LogP contribution in [0.25, 0.3) is 11.1 Å². The van der Waals surface area contributed by atoms with Crippen LogP contribution in [0, 0.1) is 11.3 Å². The molecule has 0 saturated carbocycles. The number of hydrogen-bond donors (Lipinski definition) is 2. The first kappa shape index (κ1) is 17.9. The first-order valence-electron chi connectivity index (χ1n) is 9.53. The highest BCUT2D eigenvalue weighted by Crippen LogP contribution is 2.43. The van der Waals surface area contributed by atoms with Gasteiger partial charge in [0, 0.05) is 11.3 Å². The Hall–Kier alpha value is -3.52. The van der Waals surface area contributed by atoms with Crippen LogP contribution in [0.5, 0.6) is 5.88 Å². The summed E-state index contributed by atoms with van der Waals surface area (Å²) in [5.74, 6) is 0.324. The van der Waals surface area contributed by atoms with Crippen molar-refractivity contribution in [2.45, 2.75) is 32.1 Å². The van der Waals surface area contributed by atoms with Gasteiger partial charge in [-0.15, -0.1) is 5.10 Å². The number of unbranched alkanes of at least 4 members (excludes halogenated alkanes) is 1. The number of aryl methyl sites for hydroxylation is 1. The van der Waals surface area contributed by atoms with Gasteiger partial charge in [-0.2, -0.15) is 5.26 Å². The van der Waals surface area contributed by atoms with E-state index in [1.807, 2.05) is 18.2 Å². The topological polar surface area (TPSA) is 87.7 Å². The first-order valence-corrected chi connectivity index (χ1v) is 9.53. The maximum Gasteiger partial charge on any atom is 0.244 e. The third-order valence-electron chi connectivity index (χ3n) is 5.15. The van der Waals surface area contributed by atoms with Crippen LogP contribution in [0.3, 0.4) is 0 Å². The smallest absolute Gasteiger partial charge is 0.244 e. The summed E-state index contributed by atoms with van der Waals surface area (Å²) < 4.78 is 5.63. The second-order valence-electron chi connectivity index (χ2n) is 6.94. The summed E-state index contributed by atoms with van der Waals surface area (Å²) >= 11 is 0. The van der Waals surface area contributed by atoms with Crippen molar-refractivity contribution in [3.05, 3.63) is 82.9 Å². The van der Waals surface area contributed by atoms with E-state index in [9.17, 15) is 5.26 Å². The van der Waals surface area contributed by atoms with Gasteiger partial charge in [-0.1, -0.05) is 67.9 Å². The Morgan fingerprint density at radius 2 is 1.82 bits per heavy atom. The standard InChI is InChI=1S/C23H22N4O/c1-2-3-9-19-21-20(18(14-24)22(25)28-23(21)27-26-19)17-12-10-16(11-13-17)15-7-5-4-6-8-15/h4-8,10-13,20H,2-3,9,25H2,1H3,(H,26,27). The fourth-order valence-electron chi connectivity index (χ4n) is 3.68. The van der Waals surface area contributed by atoms with Gasteiger partial charge in [-0.05, 0) is 29.5 Å². The van der Waals surface area contributed by atoms with Gasteiger partial charge in [0.25, 0.3) is 0 Å². The van der Waals surface area contributed by atoms with Gasteiger partial charge in [0.2, 0.25) is 11.8 Å². The number of nitriles is 1. The molecule has 1 unspecified atom stereocenters. The summed E-state index contributed by atoms with van der Waals surface area (Å²) in [7, 11) is 0. The number of benzene rings is 2. The molecule has 0 amide bonds. The number of nitrogens with one attached hydrogen (secondary N) is 1. The average molecular weight is 370 g/mol. The van der Waals surface area contributed by atoms with Crippen LogP contribution in [-0.4, -0.2) is 10.2 Å². The minimum Gasteiger partial charge on any atom is -0.420 e. The Labute approximate surface area is 164 Å². The molecule has 1 aromatic heterocycles. The van der Waals surface area contributed by atoms with Gasteiger partial charge in [-0.25, -0.2) is 0 Å². The molecule has 0 radical (unpaired) electrons. The molecule has 2 aromatic carbocycles. The van der Waals surface area contributed by atoms with E-state index in [2.05, 4.69) is 59.6 Å². The van der Waals surface area contributed by atoms with E-state index in [0.29, 0.717) is 11.5 Å². The number of aromatic amines is 1. The monoisotopic (exact) mass is 370 g/mol. The van der Waals surface area contributed by atoms with E-state index >= 15 is 0 Å². The Kier molecular flexibility index (Phi) is 4.86. The minimum absolute atomic E-state index is 0.126. The van der Waals surface area contributed by atoms with E-state index in [1.165, 1.54) is 0 Å². The van der Waals surface area contributed by atoms with Crippen LogP contribution in [-0.2, 0) is 6.42 Å². The molecular weight excluding hydrogens is 348 g/mol. The van der Waals surface area contributed by atoms with Crippen molar-refractivity contribution in [3.8, 4) is 23.1 Å². The van der Waals surface area contributed by atoms with Crippen LogP contribution in [0.4, 0.5) is 0 Å². The maximum atomic E-state index is 9.76. The molecule has 140 valence electrons. The summed E-state index contributed by atoms with van der Waals surface area (Å²) in [6.45, 7) is 2.15. The molecule has 0 bridgehead atoms. The number of hydrogen-bond acceptors (Lipinski definition) is 4. The summed E-state index contributed by atoms with van der Waals surface area (Å²) in [6.07, 6.45) is 2.98. The molecule has 2 heterocycles. The number of fused-ring (bicyclic) bond motifs is 1. The lowest BCUT2D eigenvalue weighted by molar-refractivity contribution is 0.378. The van der Waals surface area contributed by atoms with E-state index in [-0.39, 0.29) is 11.8 Å². The van der Waals surface area contributed by atoms with Crippen molar-refractivity contribution in [1.29, 1.82) is 5.26 Å². The second-order valence-corrected chi connectivity index (χ2v) is 6.94. The van der Waals surface area contributed by atoms with Crippen LogP contribution in [0.1, 0.15) is 42.5 Å². The highest BCUT2D eigenvalue weighted by molar-refractivity contribution is 5.65. The molecule has 3 aromatic rings. The molecule has 5 nitrogen and oxygen atoms in total. The number of nitrogens with two attached hydrogens (primary N) is 1. The van der Waals surface area contributed by atoms with Gasteiger partial charge in [0.15, 0.2) is 0 Å². The molecule has 4 rings (SSSR count). The molecule has 3 N–H and O–H groups in total. The molecule has 1 atom stereocenters. The third kappa shape index (κ3) is 3.14.